The Morgan fingerprint density at radius 2 is 1.44 bits per heavy atom. The van der Waals surface area contributed by atoms with Crippen LogP contribution in [-0.4, -0.2) is 0 Å². The Bertz CT molecular complexity index is 149. The summed E-state index contributed by atoms with van der Waals surface area (Å²) in [6.07, 6.45) is 14.9. The van der Waals surface area contributed by atoms with E-state index >= 15 is 0 Å². The van der Waals surface area contributed by atoms with E-state index in [0.717, 1.165) is 17.8 Å². The van der Waals surface area contributed by atoms with Gasteiger partial charge < -0.3 is 0 Å². The van der Waals surface area contributed by atoms with Crippen molar-refractivity contribution >= 4 is 0 Å². The summed E-state index contributed by atoms with van der Waals surface area (Å²) in [6.45, 7) is 6.89. The van der Waals surface area contributed by atoms with Crippen LogP contribution in [0, 0.1) is 17.8 Å². The van der Waals surface area contributed by atoms with Crippen LogP contribution < -0.4 is 0 Å². The molecule has 0 aromatic carbocycles. The van der Waals surface area contributed by atoms with Gasteiger partial charge in [0.05, 0.1) is 0 Å². The van der Waals surface area contributed by atoms with Gasteiger partial charge in [-0.05, 0) is 17.8 Å². The third-order valence-electron chi connectivity index (χ3n) is 3.76. The van der Waals surface area contributed by atoms with E-state index in [1.54, 1.807) is 0 Å². The van der Waals surface area contributed by atoms with Crippen LogP contribution in [0.4, 0.5) is 0 Å². The van der Waals surface area contributed by atoms with Crippen LogP contribution in [0.15, 0.2) is 0 Å². The van der Waals surface area contributed by atoms with E-state index in [4.69, 9.17) is 0 Å². The van der Waals surface area contributed by atoms with Crippen molar-refractivity contribution in [1.29, 1.82) is 0 Å². The summed E-state index contributed by atoms with van der Waals surface area (Å²) in [4.78, 5) is 0. The highest BCUT2D eigenvalue weighted by Crippen LogP contribution is 2.34. The van der Waals surface area contributed by atoms with Crippen molar-refractivity contribution in [3.05, 3.63) is 0 Å². The molecule has 0 saturated heterocycles. The molecule has 2 aliphatic rings. The monoisotopic (exact) mass is 224 g/mol. The maximum Gasteiger partial charge on any atom is -0.0414 e. The molecule has 0 aliphatic heterocycles. The topological polar surface area (TPSA) is 0 Å². The van der Waals surface area contributed by atoms with Gasteiger partial charge in [0.15, 0.2) is 0 Å². The summed E-state index contributed by atoms with van der Waals surface area (Å²) in [5.41, 5.74) is 0. The fourth-order valence-electron chi connectivity index (χ4n) is 2.07. The van der Waals surface area contributed by atoms with Gasteiger partial charge in [0.25, 0.3) is 0 Å². The number of rotatable bonds is 7. The number of hydrogen-bond donors (Lipinski definition) is 0. The lowest BCUT2D eigenvalue weighted by atomic mass is 10.1. The van der Waals surface area contributed by atoms with Crippen molar-refractivity contribution in [3.63, 3.8) is 0 Å². The summed E-state index contributed by atoms with van der Waals surface area (Å²) in [7, 11) is 0. The van der Waals surface area contributed by atoms with Gasteiger partial charge in [-0.2, -0.15) is 0 Å². The summed E-state index contributed by atoms with van der Waals surface area (Å²) in [5.74, 6) is 3.22. The standard InChI is InChI=1S/2C8H16/c1-7(2)3-4-8-5-6-8;1-2-3-4-5-8-6-7-8/h7-8H,3-6H2,1-2H3;8H,2-7H2,1H3. The second-order valence-corrected chi connectivity index (χ2v) is 6.35. The molecule has 0 bridgehead atoms. The molecule has 2 fully saturated rings. The Hall–Kier alpha value is 0. The molecular formula is C16H32. The molecular weight excluding hydrogens is 192 g/mol. The molecule has 0 amide bonds. The van der Waals surface area contributed by atoms with Crippen molar-refractivity contribution in [2.75, 3.05) is 0 Å². The molecule has 2 saturated carbocycles. The first-order valence-electron chi connectivity index (χ1n) is 7.72. The van der Waals surface area contributed by atoms with Crippen molar-refractivity contribution in [2.24, 2.45) is 17.8 Å². The molecule has 0 atom stereocenters. The average Bonchev–Trinajstić information content (AvgIpc) is 3.12. The van der Waals surface area contributed by atoms with Gasteiger partial charge in [-0.3, -0.25) is 0 Å². The Labute approximate surface area is 103 Å². The maximum absolute atomic E-state index is 2.31. The van der Waals surface area contributed by atoms with Crippen LogP contribution in [0.2, 0.25) is 0 Å². The molecule has 2 rings (SSSR count). The lowest BCUT2D eigenvalue weighted by Gasteiger charge is -2.00. The van der Waals surface area contributed by atoms with Crippen LogP contribution in [-0.2, 0) is 0 Å². The number of hydrogen-bond acceptors (Lipinski definition) is 0. The molecule has 2 aliphatic carbocycles. The highest BCUT2D eigenvalue weighted by atomic mass is 14.3. The minimum absolute atomic E-state index is 0.926. The van der Waals surface area contributed by atoms with Crippen molar-refractivity contribution in [2.45, 2.75) is 85.0 Å². The maximum atomic E-state index is 2.31. The smallest absolute Gasteiger partial charge is 0.0414 e. The molecule has 0 N–H and O–H groups in total. The minimum Gasteiger partial charge on any atom is -0.0654 e. The van der Waals surface area contributed by atoms with Gasteiger partial charge in [0.1, 0.15) is 0 Å². The molecule has 0 aromatic rings. The summed E-state index contributed by atoms with van der Waals surface area (Å²) >= 11 is 0. The number of unbranched alkanes of at least 4 members (excludes halogenated alkanes) is 2. The highest BCUT2D eigenvalue weighted by Gasteiger charge is 2.20. The lowest BCUT2D eigenvalue weighted by Crippen LogP contribution is -1.86. The predicted octanol–water partition coefficient (Wildman–Crippen LogP) is 5.81. The minimum atomic E-state index is 0.926. The van der Waals surface area contributed by atoms with Crippen LogP contribution in [0.1, 0.15) is 85.0 Å². The molecule has 16 heavy (non-hydrogen) atoms. The molecule has 96 valence electrons. The molecule has 0 spiro atoms. The molecule has 0 radical (unpaired) electrons. The average molecular weight is 224 g/mol. The molecule has 0 heterocycles. The van der Waals surface area contributed by atoms with Crippen molar-refractivity contribution < 1.29 is 0 Å². The van der Waals surface area contributed by atoms with Gasteiger partial charge in [-0.25, -0.2) is 0 Å². The fourth-order valence-corrected chi connectivity index (χ4v) is 2.07. The molecule has 0 aromatic heterocycles. The van der Waals surface area contributed by atoms with Crippen molar-refractivity contribution in [3.8, 4) is 0 Å². The Kier molecular flexibility index (Phi) is 7.16. The van der Waals surface area contributed by atoms with Crippen LogP contribution in [0.25, 0.3) is 0 Å². The van der Waals surface area contributed by atoms with E-state index in [2.05, 4.69) is 20.8 Å². The molecule has 0 nitrogen and oxygen atoms in total. The van der Waals surface area contributed by atoms with E-state index in [0.29, 0.717) is 0 Å². The largest absolute Gasteiger partial charge is 0.0654 e. The van der Waals surface area contributed by atoms with Crippen LogP contribution in [0.3, 0.4) is 0 Å². The predicted molar refractivity (Wildman–Crippen MR) is 73.7 cm³/mol. The van der Waals surface area contributed by atoms with Gasteiger partial charge in [0.2, 0.25) is 0 Å². The Morgan fingerprint density at radius 3 is 1.88 bits per heavy atom. The van der Waals surface area contributed by atoms with E-state index in [1.807, 2.05) is 0 Å². The first kappa shape index (κ1) is 14.1. The van der Waals surface area contributed by atoms with Crippen molar-refractivity contribution in [1.82, 2.24) is 0 Å². The zero-order valence-electron chi connectivity index (χ0n) is 11.8. The Balaban J connectivity index is 0.000000160. The van der Waals surface area contributed by atoms with Gasteiger partial charge in [0, 0.05) is 0 Å². The zero-order chi connectivity index (χ0) is 11.8. The molecule has 0 unspecified atom stereocenters. The SMILES string of the molecule is CC(C)CCC1CC1.CCCCCC1CC1. The van der Waals surface area contributed by atoms with Gasteiger partial charge in [-0.15, -0.1) is 0 Å². The van der Waals surface area contributed by atoms with Gasteiger partial charge in [-0.1, -0.05) is 85.0 Å². The zero-order valence-corrected chi connectivity index (χ0v) is 11.8. The first-order chi connectivity index (χ1) is 7.72. The summed E-state index contributed by atoms with van der Waals surface area (Å²) in [5, 5.41) is 0. The second-order valence-electron chi connectivity index (χ2n) is 6.35. The normalized spacial score (nSPS) is 19.5. The third-order valence-corrected chi connectivity index (χ3v) is 3.76. The summed E-state index contributed by atoms with van der Waals surface area (Å²) in [6, 6.07) is 0. The fraction of sp³-hybridized carbons (Fsp3) is 1.00. The van der Waals surface area contributed by atoms with Crippen LogP contribution >= 0.6 is 0 Å². The second kappa shape index (κ2) is 8.14. The lowest BCUT2D eigenvalue weighted by molar-refractivity contribution is 0.528. The summed E-state index contributed by atoms with van der Waals surface area (Å²) < 4.78 is 0. The molecule has 0 heteroatoms. The quantitative estimate of drug-likeness (QED) is 0.479. The van der Waals surface area contributed by atoms with Gasteiger partial charge >= 0.3 is 0 Å². The third kappa shape index (κ3) is 9.24. The van der Waals surface area contributed by atoms with E-state index in [9.17, 15) is 0 Å². The highest BCUT2D eigenvalue weighted by molar-refractivity contribution is 4.73. The Morgan fingerprint density at radius 1 is 0.875 bits per heavy atom. The first-order valence-corrected chi connectivity index (χ1v) is 7.72. The van der Waals surface area contributed by atoms with E-state index < -0.39 is 0 Å². The van der Waals surface area contributed by atoms with E-state index in [-0.39, 0.29) is 0 Å². The van der Waals surface area contributed by atoms with Crippen LogP contribution in [0.5, 0.6) is 0 Å². The van der Waals surface area contributed by atoms with E-state index in [1.165, 1.54) is 64.2 Å².